The molecule has 1 aliphatic rings. The van der Waals surface area contributed by atoms with E-state index in [1.807, 2.05) is 0 Å². The molecule has 0 aromatic carbocycles. The summed E-state index contributed by atoms with van der Waals surface area (Å²) >= 11 is 0. The molecule has 1 rings (SSSR count). The summed E-state index contributed by atoms with van der Waals surface area (Å²) in [5.41, 5.74) is 0. The van der Waals surface area contributed by atoms with Gasteiger partial charge in [0.1, 0.15) is 5.78 Å². The number of carbonyl (C=O) groups is 1. The van der Waals surface area contributed by atoms with E-state index >= 15 is 0 Å². The molecule has 0 radical (unpaired) electrons. The van der Waals surface area contributed by atoms with Crippen molar-refractivity contribution in [1.82, 2.24) is 0 Å². The highest BCUT2D eigenvalue weighted by Gasteiger charge is 2.05. The van der Waals surface area contributed by atoms with E-state index in [1.165, 1.54) is 6.42 Å². The number of methoxy groups -OCH3 is 2. The molecule has 0 aromatic rings. The van der Waals surface area contributed by atoms with Crippen LogP contribution in [0, 0.1) is 0 Å². The smallest absolute Gasteiger partial charge is 0.132 e. The van der Waals surface area contributed by atoms with Crippen LogP contribution in [0.1, 0.15) is 32.1 Å². The number of hydrogen-bond donors (Lipinski definition) is 0. The largest absolute Gasteiger partial charge is 0.382 e. The zero-order valence-corrected chi connectivity index (χ0v) is 10.5. The fraction of sp³-hybridized carbons (Fsp3) is 0.917. The van der Waals surface area contributed by atoms with Crippen LogP contribution in [0.2, 0.25) is 0 Å². The fourth-order valence-corrected chi connectivity index (χ4v) is 1.33. The van der Waals surface area contributed by atoms with Crippen LogP contribution < -0.4 is 0 Å². The second-order valence-electron chi connectivity index (χ2n) is 3.70. The third kappa shape index (κ3) is 11.6. The molecule has 96 valence electrons. The van der Waals surface area contributed by atoms with Crippen LogP contribution in [0.25, 0.3) is 0 Å². The third-order valence-electron chi connectivity index (χ3n) is 2.27. The number of ether oxygens (including phenoxy) is 3. The maximum atomic E-state index is 10.5. The number of carbonyl (C=O) groups excluding carboxylic acids is 1. The summed E-state index contributed by atoms with van der Waals surface area (Å²) in [6, 6.07) is 0. The second-order valence-corrected chi connectivity index (χ2v) is 3.70. The van der Waals surface area contributed by atoms with E-state index in [4.69, 9.17) is 14.2 Å². The number of Topliss-reactive ketones (excluding diaryl/α,β-unsaturated/α-hetero) is 1. The molecule has 4 nitrogen and oxygen atoms in total. The highest BCUT2D eigenvalue weighted by atomic mass is 16.5. The summed E-state index contributed by atoms with van der Waals surface area (Å²) < 4.78 is 14.6. The summed E-state index contributed by atoms with van der Waals surface area (Å²) in [5, 5.41) is 0. The molecular weight excluding hydrogens is 208 g/mol. The van der Waals surface area contributed by atoms with Gasteiger partial charge in [-0.25, -0.2) is 0 Å². The first-order valence-corrected chi connectivity index (χ1v) is 5.88. The minimum absolute atomic E-state index is 0.464. The maximum absolute atomic E-state index is 10.5. The second kappa shape index (κ2) is 12.6. The van der Waals surface area contributed by atoms with Crippen molar-refractivity contribution < 1.29 is 19.0 Å². The Labute approximate surface area is 98.3 Å². The van der Waals surface area contributed by atoms with E-state index < -0.39 is 0 Å². The average molecular weight is 232 g/mol. The lowest BCUT2D eigenvalue weighted by Gasteiger charge is -2.05. The lowest BCUT2D eigenvalue weighted by Crippen LogP contribution is -2.06. The van der Waals surface area contributed by atoms with Crippen LogP contribution in [0.15, 0.2) is 0 Å². The SMILES string of the molecule is COCCOCCOC.O=C1CCCCC1. The predicted octanol–water partition coefficient (Wildman–Crippen LogP) is 1.82. The molecule has 0 heterocycles. The molecule has 1 fully saturated rings. The van der Waals surface area contributed by atoms with Gasteiger partial charge >= 0.3 is 0 Å². The Balaban J connectivity index is 0.000000288. The van der Waals surface area contributed by atoms with Crippen LogP contribution in [0.5, 0.6) is 0 Å². The first-order valence-electron chi connectivity index (χ1n) is 5.88. The van der Waals surface area contributed by atoms with Crippen molar-refractivity contribution in [2.45, 2.75) is 32.1 Å². The van der Waals surface area contributed by atoms with Gasteiger partial charge in [-0.05, 0) is 12.8 Å². The monoisotopic (exact) mass is 232 g/mol. The summed E-state index contributed by atoms with van der Waals surface area (Å²) in [6.07, 6.45) is 5.24. The molecule has 16 heavy (non-hydrogen) atoms. The van der Waals surface area contributed by atoms with Crippen molar-refractivity contribution in [3.63, 3.8) is 0 Å². The topological polar surface area (TPSA) is 44.8 Å². The minimum atomic E-state index is 0.464. The number of ketones is 1. The van der Waals surface area contributed by atoms with Crippen LogP contribution in [0.4, 0.5) is 0 Å². The predicted molar refractivity (Wildman–Crippen MR) is 62.7 cm³/mol. The van der Waals surface area contributed by atoms with Crippen molar-refractivity contribution in [3.05, 3.63) is 0 Å². The average Bonchev–Trinajstić information content (AvgIpc) is 2.31. The lowest BCUT2D eigenvalue weighted by atomic mass is 10.00. The molecule has 0 unspecified atom stereocenters. The quantitative estimate of drug-likeness (QED) is 0.655. The summed E-state index contributed by atoms with van der Waals surface area (Å²) in [4.78, 5) is 10.5. The zero-order chi connectivity index (χ0) is 12.1. The molecule has 0 N–H and O–H groups in total. The maximum Gasteiger partial charge on any atom is 0.132 e. The van der Waals surface area contributed by atoms with Gasteiger partial charge < -0.3 is 14.2 Å². The van der Waals surface area contributed by atoms with Gasteiger partial charge in [-0.15, -0.1) is 0 Å². The summed E-state index contributed by atoms with van der Waals surface area (Å²) in [7, 11) is 3.30. The van der Waals surface area contributed by atoms with Gasteiger partial charge in [-0.3, -0.25) is 4.79 Å². The Morgan fingerprint density at radius 2 is 1.38 bits per heavy atom. The Morgan fingerprint density at radius 1 is 0.875 bits per heavy atom. The normalized spacial score (nSPS) is 15.5. The first kappa shape index (κ1) is 15.6. The van der Waals surface area contributed by atoms with Crippen molar-refractivity contribution in [3.8, 4) is 0 Å². The lowest BCUT2D eigenvalue weighted by molar-refractivity contribution is -0.120. The first-order chi connectivity index (χ1) is 7.81. The molecule has 0 aliphatic heterocycles. The van der Waals surface area contributed by atoms with Crippen molar-refractivity contribution in [2.24, 2.45) is 0 Å². The molecule has 0 aromatic heterocycles. The Hall–Kier alpha value is -0.450. The summed E-state index contributed by atoms with van der Waals surface area (Å²) in [6.45, 7) is 2.62. The van der Waals surface area contributed by atoms with Gasteiger partial charge in [-0.1, -0.05) is 6.42 Å². The van der Waals surface area contributed by atoms with Crippen molar-refractivity contribution >= 4 is 5.78 Å². The van der Waals surface area contributed by atoms with E-state index in [-0.39, 0.29) is 0 Å². The van der Waals surface area contributed by atoms with E-state index in [0.29, 0.717) is 32.2 Å². The van der Waals surface area contributed by atoms with Gasteiger partial charge in [0.05, 0.1) is 26.4 Å². The number of hydrogen-bond acceptors (Lipinski definition) is 4. The molecule has 0 atom stereocenters. The molecule has 1 aliphatic carbocycles. The minimum Gasteiger partial charge on any atom is -0.382 e. The van der Waals surface area contributed by atoms with Gasteiger partial charge in [0.15, 0.2) is 0 Å². The zero-order valence-electron chi connectivity index (χ0n) is 10.5. The molecule has 4 heteroatoms. The van der Waals surface area contributed by atoms with Crippen LogP contribution in [0.3, 0.4) is 0 Å². The molecule has 0 amide bonds. The van der Waals surface area contributed by atoms with Gasteiger partial charge in [0.25, 0.3) is 0 Å². The van der Waals surface area contributed by atoms with E-state index in [2.05, 4.69) is 0 Å². The van der Waals surface area contributed by atoms with Gasteiger partial charge in [0, 0.05) is 27.1 Å². The molecule has 0 saturated heterocycles. The standard InChI is InChI=1S/C6H14O3.C6H10O/c1-7-3-5-9-6-4-8-2;7-6-4-2-1-3-5-6/h3-6H2,1-2H3;1-5H2. The summed E-state index contributed by atoms with van der Waals surface area (Å²) in [5.74, 6) is 0.464. The van der Waals surface area contributed by atoms with Crippen LogP contribution in [-0.2, 0) is 19.0 Å². The van der Waals surface area contributed by atoms with Crippen LogP contribution >= 0.6 is 0 Å². The Bertz CT molecular complexity index is 145. The highest BCUT2D eigenvalue weighted by molar-refractivity contribution is 5.78. The fourth-order valence-electron chi connectivity index (χ4n) is 1.33. The molecule has 1 saturated carbocycles. The third-order valence-corrected chi connectivity index (χ3v) is 2.27. The van der Waals surface area contributed by atoms with E-state index in [1.54, 1.807) is 14.2 Å². The number of rotatable bonds is 6. The van der Waals surface area contributed by atoms with Crippen molar-refractivity contribution in [2.75, 3.05) is 40.6 Å². The molecule has 0 bridgehead atoms. The van der Waals surface area contributed by atoms with E-state index in [0.717, 1.165) is 25.7 Å². The molecular formula is C12H24O4. The van der Waals surface area contributed by atoms with Gasteiger partial charge in [-0.2, -0.15) is 0 Å². The molecule has 0 spiro atoms. The highest BCUT2D eigenvalue weighted by Crippen LogP contribution is 2.12. The van der Waals surface area contributed by atoms with E-state index in [9.17, 15) is 4.79 Å². The Morgan fingerprint density at radius 3 is 1.69 bits per heavy atom. The van der Waals surface area contributed by atoms with Gasteiger partial charge in [0.2, 0.25) is 0 Å². The van der Waals surface area contributed by atoms with Crippen LogP contribution in [-0.4, -0.2) is 46.4 Å². The van der Waals surface area contributed by atoms with Crippen molar-refractivity contribution in [1.29, 1.82) is 0 Å². The Kier molecular flexibility index (Phi) is 12.3.